The van der Waals surface area contributed by atoms with Crippen LogP contribution in [-0.4, -0.2) is 46.8 Å². The number of nitrogens with zero attached hydrogens (tertiary/aromatic N) is 1. The van der Waals surface area contributed by atoms with Gasteiger partial charge in [-0.15, -0.1) is 0 Å². The van der Waals surface area contributed by atoms with Gasteiger partial charge in [0, 0.05) is 6.08 Å². The van der Waals surface area contributed by atoms with Crippen molar-refractivity contribution in [3.05, 3.63) is 34.4 Å². The first-order valence-electron chi connectivity index (χ1n) is 5.26. The van der Waals surface area contributed by atoms with E-state index >= 15 is 0 Å². The third kappa shape index (κ3) is 1.59. The Balaban J connectivity index is 2.71. The van der Waals surface area contributed by atoms with Gasteiger partial charge in [-0.05, 0) is 12.5 Å². The molecule has 20 heavy (non-hydrogen) atoms. The van der Waals surface area contributed by atoms with Gasteiger partial charge in [-0.25, -0.2) is 18.0 Å². The molecule has 0 aromatic carbocycles. The topological polar surface area (TPSA) is 129 Å². The zero-order valence-electron chi connectivity index (χ0n) is 10.2. The summed E-state index contributed by atoms with van der Waals surface area (Å²) in [6.45, 7) is 4.54. The summed E-state index contributed by atoms with van der Waals surface area (Å²) in [6, 6.07) is 0. The van der Waals surface area contributed by atoms with Gasteiger partial charge in [0.1, 0.15) is 5.70 Å². The number of β-lactam (4-membered cyclic amide) rings is 1. The van der Waals surface area contributed by atoms with Gasteiger partial charge in [0.2, 0.25) is 9.84 Å². The Morgan fingerprint density at radius 2 is 1.90 bits per heavy atom. The highest BCUT2D eigenvalue weighted by atomic mass is 32.2. The highest BCUT2D eigenvalue weighted by molar-refractivity contribution is 7.96. The fourth-order valence-corrected chi connectivity index (χ4v) is 3.91. The minimum Gasteiger partial charge on any atom is -0.478 e. The van der Waals surface area contributed by atoms with Gasteiger partial charge < -0.3 is 10.2 Å². The quantitative estimate of drug-likeness (QED) is 0.517. The average Bonchev–Trinajstić information content (AvgIpc) is 2.32. The van der Waals surface area contributed by atoms with E-state index in [9.17, 15) is 22.8 Å². The van der Waals surface area contributed by atoms with Gasteiger partial charge in [0.15, 0.2) is 5.37 Å². The van der Waals surface area contributed by atoms with E-state index in [1.807, 2.05) is 0 Å². The molecule has 0 radical (unpaired) electrons. The van der Waals surface area contributed by atoms with Crippen LogP contribution in [0.5, 0.6) is 0 Å². The number of allylic oxidation sites excluding steroid dienone is 1. The molecule has 2 rings (SSSR count). The van der Waals surface area contributed by atoms with Crippen molar-refractivity contribution in [2.75, 3.05) is 0 Å². The number of hydrogen-bond donors (Lipinski definition) is 2. The van der Waals surface area contributed by atoms with Crippen LogP contribution in [0.25, 0.3) is 0 Å². The summed E-state index contributed by atoms with van der Waals surface area (Å²) in [6.07, 6.45) is 0.467. The summed E-state index contributed by atoms with van der Waals surface area (Å²) in [5.74, 6) is -3.92. The monoisotopic (exact) mass is 299 g/mol. The number of carboxylic acid groups (broad SMARTS) is 2. The van der Waals surface area contributed by atoms with Crippen molar-refractivity contribution in [3.63, 3.8) is 0 Å². The van der Waals surface area contributed by atoms with Gasteiger partial charge in [-0.2, -0.15) is 0 Å². The molecule has 1 amide bonds. The van der Waals surface area contributed by atoms with Crippen molar-refractivity contribution in [2.24, 2.45) is 0 Å². The standard InChI is InChI=1S/C11H9NO7S/c1-4-5(2)20(18,19)10-6(3-7(13)14)9(15)12(10)8(4)11(16)17/h3,10H,2H2,1H3,(H,13,14)(H,16,17)/b6-3-. The molecule has 9 heteroatoms. The van der Waals surface area contributed by atoms with Crippen LogP contribution in [0.4, 0.5) is 0 Å². The van der Waals surface area contributed by atoms with Gasteiger partial charge >= 0.3 is 11.9 Å². The zero-order valence-corrected chi connectivity index (χ0v) is 11.0. The summed E-state index contributed by atoms with van der Waals surface area (Å²) < 4.78 is 24.3. The molecule has 1 fully saturated rings. The largest absolute Gasteiger partial charge is 0.478 e. The fourth-order valence-electron chi connectivity index (χ4n) is 2.14. The SMILES string of the molecule is C=C1C(C)=C(C(=O)O)N2C(=O)/C(=C/C(=O)O)C2S1(=O)=O. The number of hydrogen-bond acceptors (Lipinski definition) is 5. The maximum atomic E-state index is 12.1. The summed E-state index contributed by atoms with van der Waals surface area (Å²) in [4.78, 5) is 33.7. The Hall–Kier alpha value is -2.42. The maximum Gasteiger partial charge on any atom is 0.352 e. The van der Waals surface area contributed by atoms with Crippen molar-refractivity contribution in [3.8, 4) is 0 Å². The van der Waals surface area contributed by atoms with Gasteiger partial charge in [0.05, 0.1) is 10.5 Å². The lowest BCUT2D eigenvalue weighted by Gasteiger charge is -2.45. The number of amides is 1. The first-order valence-corrected chi connectivity index (χ1v) is 6.80. The molecular formula is C11H9NO7S. The van der Waals surface area contributed by atoms with Crippen LogP contribution in [0, 0.1) is 0 Å². The van der Waals surface area contributed by atoms with E-state index in [1.54, 1.807) is 0 Å². The predicted octanol–water partition coefficient (Wildman–Crippen LogP) is -0.534. The molecule has 0 spiro atoms. The van der Waals surface area contributed by atoms with E-state index in [2.05, 4.69) is 6.58 Å². The normalized spacial score (nSPS) is 26.4. The molecule has 1 unspecified atom stereocenters. The maximum absolute atomic E-state index is 12.1. The van der Waals surface area contributed by atoms with E-state index in [1.165, 1.54) is 6.92 Å². The molecule has 0 aromatic rings. The molecule has 0 aromatic heterocycles. The number of sulfone groups is 1. The van der Waals surface area contributed by atoms with Crippen molar-refractivity contribution < 1.29 is 33.0 Å². The Kier molecular flexibility index (Phi) is 2.82. The van der Waals surface area contributed by atoms with Crippen LogP contribution >= 0.6 is 0 Å². The molecular weight excluding hydrogens is 290 g/mol. The smallest absolute Gasteiger partial charge is 0.352 e. The van der Waals surface area contributed by atoms with Gasteiger partial charge in [-0.3, -0.25) is 9.69 Å². The van der Waals surface area contributed by atoms with Crippen molar-refractivity contribution in [2.45, 2.75) is 12.3 Å². The Labute approximate surface area is 113 Å². The van der Waals surface area contributed by atoms with E-state index in [4.69, 9.17) is 10.2 Å². The molecule has 106 valence electrons. The highest BCUT2D eigenvalue weighted by Gasteiger charge is 2.57. The number of carbonyl (C=O) groups is 3. The molecule has 2 aliphatic heterocycles. The summed E-state index contributed by atoms with van der Waals surface area (Å²) in [5.41, 5.74) is -1.12. The summed E-state index contributed by atoms with van der Waals surface area (Å²) in [7, 11) is -4.09. The van der Waals surface area contributed by atoms with Gasteiger partial charge in [-0.1, -0.05) is 6.58 Å². The molecule has 2 heterocycles. The lowest BCUT2D eigenvalue weighted by molar-refractivity contribution is -0.142. The fraction of sp³-hybridized carbons (Fsp3) is 0.182. The summed E-state index contributed by atoms with van der Waals surface area (Å²) in [5, 5.41) is 16.1. The van der Waals surface area contributed by atoms with Crippen LogP contribution in [0.2, 0.25) is 0 Å². The number of carboxylic acids is 2. The van der Waals surface area contributed by atoms with E-state index in [-0.39, 0.29) is 5.57 Å². The number of aliphatic carboxylic acids is 2. The molecule has 1 atom stereocenters. The van der Waals surface area contributed by atoms with Crippen LogP contribution in [-0.2, 0) is 24.2 Å². The molecule has 0 aliphatic carbocycles. The molecule has 2 N–H and O–H groups in total. The minimum atomic E-state index is -4.09. The Morgan fingerprint density at radius 3 is 2.35 bits per heavy atom. The third-order valence-corrected chi connectivity index (χ3v) is 5.15. The van der Waals surface area contributed by atoms with Crippen molar-refractivity contribution in [1.29, 1.82) is 0 Å². The molecule has 8 nitrogen and oxygen atoms in total. The first-order chi connectivity index (χ1) is 9.10. The average molecular weight is 299 g/mol. The Morgan fingerprint density at radius 1 is 1.35 bits per heavy atom. The zero-order chi connectivity index (χ0) is 15.4. The lowest BCUT2D eigenvalue weighted by atomic mass is 10.0. The molecule has 0 saturated carbocycles. The molecule has 2 aliphatic rings. The van der Waals surface area contributed by atoms with Crippen LogP contribution in [0.1, 0.15) is 6.92 Å². The second kappa shape index (κ2) is 4.04. The number of fused-ring (bicyclic) bond motifs is 1. The van der Waals surface area contributed by atoms with Gasteiger partial charge in [0.25, 0.3) is 5.91 Å². The summed E-state index contributed by atoms with van der Waals surface area (Å²) >= 11 is 0. The number of carbonyl (C=O) groups excluding carboxylic acids is 1. The minimum absolute atomic E-state index is 0.142. The second-order valence-electron chi connectivity index (χ2n) is 4.21. The van der Waals surface area contributed by atoms with E-state index < -0.39 is 49.2 Å². The third-order valence-electron chi connectivity index (χ3n) is 3.10. The Bertz CT molecular complexity index is 741. The van der Waals surface area contributed by atoms with E-state index in [0.717, 1.165) is 0 Å². The number of rotatable bonds is 2. The van der Waals surface area contributed by atoms with Crippen LogP contribution < -0.4 is 0 Å². The van der Waals surface area contributed by atoms with Crippen molar-refractivity contribution in [1.82, 2.24) is 4.90 Å². The second-order valence-corrected chi connectivity index (χ2v) is 6.24. The first kappa shape index (κ1) is 14.0. The van der Waals surface area contributed by atoms with Crippen LogP contribution in [0.3, 0.4) is 0 Å². The molecule has 1 saturated heterocycles. The van der Waals surface area contributed by atoms with E-state index in [0.29, 0.717) is 11.0 Å². The highest BCUT2D eigenvalue weighted by Crippen LogP contribution is 2.43. The predicted molar refractivity (Wildman–Crippen MR) is 64.7 cm³/mol. The van der Waals surface area contributed by atoms with Crippen molar-refractivity contribution >= 4 is 27.7 Å². The van der Waals surface area contributed by atoms with Crippen LogP contribution in [0.15, 0.2) is 34.4 Å². The molecule has 0 bridgehead atoms. The lowest BCUT2D eigenvalue weighted by Crippen LogP contribution is -2.61.